The number of likely N-dealkylation sites (tertiary alicyclic amines) is 1. The van der Waals surface area contributed by atoms with Gasteiger partial charge in [0.15, 0.2) is 11.5 Å². The Morgan fingerprint density at radius 2 is 1.81 bits per heavy atom. The molecule has 1 fully saturated rings. The van der Waals surface area contributed by atoms with E-state index in [9.17, 15) is 4.79 Å². The van der Waals surface area contributed by atoms with E-state index >= 15 is 0 Å². The number of urea groups is 1. The van der Waals surface area contributed by atoms with Crippen LogP contribution in [0, 0.1) is 0 Å². The molecule has 0 bridgehead atoms. The van der Waals surface area contributed by atoms with Crippen molar-refractivity contribution in [3.8, 4) is 11.5 Å². The molecule has 2 heterocycles. The van der Waals surface area contributed by atoms with Crippen molar-refractivity contribution in [1.82, 2.24) is 5.32 Å². The number of carbonyl (C=O) groups excluding carboxylic acids is 1. The van der Waals surface area contributed by atoms with Gasteiger partial charge in [-0.15, -0.1) is 0 Å². The molecule has 2 aromatic rings. The number of fused-ring (bicyclic) bond motifs is 1. The maximum atomic E-state index is 12.3. The SMILES string of the molecule is O=C(Nc1ccc2c(c1)OCO2)NC1CC[NH+](Cc2ccccc2)CC1. The maximum absolute atomic E-state index is 12.3. The van der Waals surface area contributed by atoms with E-state index < -0.39 is 0 Å². The van der Waals surface area contributed by atoms with Gasteiger partial charge in [0.05, 0.1) is 13.1 Å². The molecule has 3 N–H and O–H groups in total. The number of rotatable bonds is 4. The van der Waals surface area contributed by atoms with E-state index in [4.69, 9.17) is 9.47 Å². The summed E-state index contributed by atoms with van der Waals surface area (Å²) in [7, 11) is 0. The van der Waals surface area contributed by atoms with Crippen molar-refractivity contribution >= 4 is 11.7 Å². The lowest BCUT2D eigenvalue weighted by molar-refractivity contribution is -0.918. The van der Waals surface area contributed by atoms with Crippen LogP contribution in [-0.4, -0.2) is 32.0 Å². The van der Waals surface area contributed by atoms with Crippen LogP contribution in [0.15, 0.2) is 48.5 Å². The lowest BCUT2D eigenvalue weighted by Crippen LogP contribution is -3.12. The third kappa shape index (κ3) is 4.08. The number of hydrogen-bond donors (Lipinski definition) is 3. The van der Waals surface area contributed by atoms with Crippen molar-refractivity contribution < 1.29 is 19.2 Å². The molecular weight excluding hydrogens is 330 g/mol. The quantitative estimate of drug-likeness (QED) is 0.784. The number of nitrogens with one attached hydrogen (secondary N) is 3. The number of carbonyl (C=O) groups is 1. The van der Waals surface area contributed by atoms with Gasteiger partial charge in [0.25, 0.3) is 0 Å². The van der Waals surface area contributed by atoms with E-state index in [1.54, 1.807) is 11.0 Å². The Balaban J connectivity index is 1.23. The summed E-state index contributed by atoms with van der Waals surface area (Å²) in [5, 5.41) is 5.96. The fraction of sp³-hybridized carbons (Fsp3) is 0.350. The molecular formula is C20H24N3O3+. The molecule has 6 heteroatoms. The Bertz CT molecular complexity index is 758. The van der Waals surface area contributed by atoms with Gasteiger partial charge in [-0.1, -0.05) is 30.3 Å². The molecule has 2 aliphatic rings. The first-order chi connectivity index (χ1) is 12.8. The molecule has 6 nitrogen and oxygen atoms in total. The molecule has 2 aromatic carbocycles. The van der Waals surface area contributed by atoms with Crippen LogP contribution in [0.1, 0.15) is 18.4 Å². The number of ether oxygens (including phenoxy) is 2. The van der Waals surface area contributed by atoms with Gasteiger partial charge < -0.3 is 25.0 Å². The minimum atomic E-state index is -0.166. The molecule has 0 atom stereocenters. The molecule has 0 aromatic heterocycles. The van der Waals surface area contributed by atoms with Gasteiger partial charge in [-0.25, -0.2) is 4.79 Å². The largest absolute Gasteiger partial charge is 0.454 e. The van der Waals surface area contributed by atoms with Crippen LogP contribution in [0.2, 0.25) is 0 Å². The van der Waals surface area contributed by atoms with E-state index in [0.717, 1.165) is 32.5 Å². The maximum Gasteiger partial charge on any atom is 0.319 e. The predicted octanol–water partition coefficient (Wildman–Crippen LogP) is 1.78. The molecule has 0 aliphatic carbocycles. The van der Waals surface area contributed by atoms with Gasteiger partial charge in [-0.05, 0) is 12.1 Å². The summed E-state index contributed by atoms with van der Waals surface area (Å²) in [5.41, 5.74) is 2.08. The fourth-order valence-corrected chi connectivity index (χ4v) is 3.56. The van der Waals surface area contributed by atoms with Gasteiger partial charge in [0.1, 0.15) is 6.54 Å². The van der Waals surface area contributed by atoms with Crippen molar-refractivity contribution in [3.05, 3.63) is 54.1 Å². The number of anilines is 1. The van der Waals surface area contributed by atoms with Gasteiger partial charge in [-0.2, -0.15) is 0 Å². The number of amides is 2. The minimum Gasteiger partial charge on any atom is -0.454 e. The fourth-order valence-electron chi connectivity index (χ4n) is 3.56. The first-order valence-corrected chi connectivity index (χ1v) is 9.11. The summed E-state index contributed by atoms with van der Waals surface area (Å²) in [6, 6.07) is 16.1. The normalized spacial score (nSPS) is 21.2. The van der Waals surface area contributed by atoms with E-state index in [2.05, 4.69) is 34.9 Å². The van der Waals surface area contributed by atoms with Crippen molar-refractivity contribution in [3.63, 3.8) is 0 Å². The van der Waals surface area contributed by atoms with Gasteiger partial charge >= 0.3 is 6.03 Å². The molecule has 0 saturated carbocycles. The third-order valence-corrected chi connectivity index (χ3v) is 4.96. The number of hydrogen-bond acceptors (Lipinski definition) is 3. The average Bonchev–Trinajstić information content (AvgIpc) is 3.12. The zero-order valence-electron chi connectivity index (χ0n) is 14.7. The highest BCUT2D eigenvalue weighted by molar-refractivity contribution is 5.89. The van der Waals surface area contributed by atoms with Gasteiger partial charge in [0, 0.05) is 36.2 Å². The van der Waals surface area contributed by atoms with Crippen LogP contribution in [0.25, 0.3) is 0 Å². The van der Waals surface area contributed by atoms with Gasteiger partial charge in [-0.3, -0.25) is 0 Å². The number of piperidine rings is 1. The first-order valence-electron chi connectivity index (χ1n) is 9.11. The topological polar surface area (TPSA) is 64.0 Å². The second-order valence-electron chi connectivity index (χ2n) is 6.85. The van der Waals surface area contributed by atoms with E-state index in [0.29, 0.717) is 17.2 Å². The zero-order valence-corrected chi connectivity index (χ0v) is 14.7. The molecule has 1 saturated heterocycles. The molecule has 2 amide bonds. The smallest absolute Gasteiger partial charge is 0.319 e. The molecule has 0 spiro atoms. The third-order valence-electron chi connectivity index (χ3n) is 4.96. The Labute approximate surface area is 153 Å². The zero-order chi connectivity index (χ0) is 17.8. The first kappa shape index (κ1) is 16.7. The standard InChI is InChI=1S/C20H23N3O3/c24-20(22-17-6-7-18-19(12-17)26-14-25-18)21-16-8-10-23(11-9-16)13-15-4-2-1-3-5-15/h1-7,12,16H,8-11,13-14H2,(H2,21,22,24)/p+1. The van der Waals surface area contributed by atoms with Crippen molar-refractivity contribution in [1.29, 1.82) is 0 Å². The summed E-state index contributed by atoms with van der Waals surface area (Å²) in [4.78, 5) is 13.8. The Hall–Kier alpha value is -2.73. The molecule has 26 heavy (non-hydrogen) atoms. The van der Waals surface area contributed by atoms with E-state index in [1.807, 2.05) is 18.2 Å². The second-order valence-corrected chi connectivity index (χ2v) is 6.85. The lowest BCUT2D eigenvalue weighted by atomic mass is 10.0. The molecule has 2 aliphatic heterocycles. The summed E-state index contributed by atoms with van der Waals surface area (Å²) >= 11 is 0. The van der Waals surface area contributed by atoms with Crippen LogP contribution in [-0.2, 0) is 6.54 Å². The molecule has 0 unspecified atom stereocenters. The molecule has 136 valence electrons. The van der Waals surface area contributed by atoms with Crippen molar-refractivity contribution in [2.75, 3.05) is 25.2 Å². The summed E-state index contributed by atoms with van der Waals surface area (Å²) < 4.78 is 10.6. The Morgan fingerprint density at radius 1 is 1.04 bits per heavy atom. The Morgan fingerprint density at radius 3 is 2.62 bits per heavy atom. The highest BCUT2D eigenvalue weighted by Gasteiger charge is 2.23. The van der Waals surface area contributed by atoms with Crippen LogP contribution >= 0.6 is 0 Å². The van der Waals surface area contributed by atoms with Crippen molar-refractivity contribution in [2.45, 2.75) is 25.4 Å². The highest BCUT2D eigenvalue weighted by atomic mass is 16.7. The number of quaternary nitrogens is 1. The average molecular weight is 354 g/mol. The van der Waals surface area contributed by atoms with Crippen LogP contribution < -0.4 is 25.0 Å². The van der Waals surface area contributed by atoms with Gasteiger partial charge in [0.2, 0.25) is 6.79 Å². The summed E-state index contributed by atoms with van der Waals surface area (Å²) in [6.45, 7) is 3.43. The minimum absolute atomic E-state index is 0.166. The van der Waals surface area contributed by atoms with E-state index in [-0.39, 0.29) is 18.9 Å². The summed E-state index contributed by atoms with van der Waals surface area (Å²) in [6.07, 6.45) is 1.99. The molecule has 4 rings (SSSR count). The van der Waals surface area contributed by atoms with Crippen LogP contribution in [0.3, 0.4) is 0 Å². The summed E-state index contributed by atoms with van der Waals surface area (Å²) in [5.74, 6) is 1.38. The lowest BCUT2D eigenvalue weighted by Gasteiger charge is -2.29. The van der Waals surface area contributed by atoms with Crippen molar-refractivity contribution in [2.24, 2.45) is 0 Å². The Kier molecular flexibility index (Phi) is 4.93. The highest BCUT2D eigenvalue weighted by Crippen LogP contribution is 2.34. The monoisotopic (exact) mass is 354 g/mol. The predicted molar refractivity (Wildman–Crippen MR) is 98.6 cm³/mol. The number of benzene rings is 2. The molecule has 0 radical (unpaired) electrons. The van der Waals surface area contributed by atoms with Crippen LogP contribution in [0.4, 0.5) is 10.5 Å². The second kappa shape index (κ2) is 7.66. The van der Waals surface area contributed by atoms with Crippen LogP contribution in [0.5, 0.6) is 11.5 Å². The van der Waals surface area contributed by atoms with E-state index in [1.165, 1.54) is 5.56 Å².